The van der Waals surface area contributed by atoms with Crippen LogP contribution in [0.15, 0.2) is 4.99 Å². The first-order valence-corrected chi connectivity index (χ1v) is 5.84. The number of nitrogens with one attached hydrogen (secondary N) is 1. The van der Waals surface area contributed by atoms with E-state index < -0.39 is 6.10 Å². The molecule has 1 aliphatic carbocycles. The van der Waals surface area contributed by atoms with Crippen molar-refractivity contribution >= 4 is 5.96 Å². The van der Waals surface area contributed by atoms with Crippen molar-refractivity contribution in [2.75, 3.05) is 6.54 Å². The zero-order valence-corrected chi connectivity index (χ0v) is 9.74. The van der Waals surface area contributed by atoms with Gasteiger partial charge in [0.05, 0.1) is 12.6 Å². The van der Waals surface area contributed by atoms with E-state index in [1.807, 2.05) is 13.8 Å². The van der Waals surface area contributed by atoms with Crippen molar-refractivity contribution in [3.8, 4) is 0 Å². The number of nitrogens with zero attached hydrogens (tertiary/aromatic N) is 1. The summed E-state index contributed by atoms with van der Waals surface area (Å²) in [7, 11) is 0. The number of hydrogen-bond donors (Lipinski definition) is 3. The van der Waals surface area contributed by atoms with Crippen LogP contribution in [0.1, 0.15) is 39.5 Å². The summed E-state index contributed by atoms with van der Waals surface area (Å²) >= 11 is 0. The fourth-order valence-corrected chi connectivity index (χ4v) is 1.73. The molecule has 0 aliphatic heterocycles. The van der Waals surface area contributed by atoms with E-state index in [-0.39, 0.29) is 5.92 Å². The second-order valence-corrected chi connectivity index (χ2v) is 4.66. The van der Waals surface area contributed by atoms with Crippen molar-refractivity contribution in [2.24, 2.45) is 16.6 Å². The molecule has 1 unspecified atom stereocenters. The highest BCUT2D eigenvalue weighted by Crippen LogP contribution is 2.17. The summed E-state index contributed by atoms with van der Waals surface area (Å²) in [6.07, 6.45) is 4.53. The number of aliphatic hydroxyl groups excluding tert-OH is 1. The van der Waals surface area contributed by atoms with E-state index in [2.05, 4.69) is 10.3 Å². The molecule has 0 aromatic heterocycles. The maximum atomic E-state index is 9.55. The number of guanidine groups is 1. The summed E-state index contributed by atoms with van der Waals surface area (Å²) in [5.41, 5.74) is 5.73. The lowest BCUT2D eigenvalue weighted by molar-refractivity contribution is 0.134. The summed E-state index contributed by atoms with van der Waals surface area (Å²) in [6, 6.07) is 0.491. The van der Waals surface area contributed by atoms with Crippen LogP contribution in [0.2, 0.25) is 0 Å². The van der Waals surface area contributed by atoms with Crippen LogP contribution in [0.4, 0.5) is 0 Å². The molecule has 1 rings (SSSR count). The van der Waals surface area contributed by atoms with E-state index in [0.717, 1.165) is 0 Å². The number of aliphatic imine (C=N–C) groups is 1. The van der Waals surface area contributed by atoms with E-state index in [4.69, 9.17) is 5.73 Å². The molecular formula is C11H23N3O. The van der Waals surface area contributed by atoms with Gasteiger partial charge in [-0.05, 0) is 18.8 Å². The molecule has 0 saturated heterocycles. The van der Waals surface area contributed by atoms with Gasteiger partial charge in [-0.2, -0.15) is 0 Å². The molecule has 0 spiro atoms. The Labute approximate surface area is 92.0 Å². The number of nitrogens with two attached hydrogens (primary N) is 1. The molecule has 88 valence electrons. The topological polar surface area (TPSA) is 70.6 Å². The minimum atomic E-state index is -0.395. The fourth-order valence-electron chi connectivity index (χ4n) is 1.73. The van der Waals surface area contributed by atoms with Crippen molar-refractivity contribution in [1.82, 2.24) is 5.32 Å². The van der Waals surface area contributed by atoms with Crippen molar-refractivity contribution in [1.29, 1.82) is 0 Å². The third-order valence-corrected chi connectivity index (χ3v) is 2.93. The molecule has 0 aromatic rings. The molecule has 1 fully saturated rings. The van der Waals surface area contributed by atoms with Gasteiger partial charge in [0.25, 0.3) is 0 Å². The van der Waals surface area contributed by atoms with Gasteiger partial charge in [-0.3, -0.25) is 4.99 Å². The number of hydrogen-bond acceptors (Lipinski definition) is 2. The van der Waals surface area contributed by atoms with Crippen molar-refractivity contribution in [3.63, 3.8) is 0 Å². The number of aliphatic hydroxyl groups is 1. The van der Waals surface area contributed by atoms with Crippen LogP contribution in [0.5, 0.6) is 0 Å². The second-order valence-electron chi connectivity index (χ2n) is 4.66. The Morgan fingerprint density at radius 3 is 2.60 bits per heavy atom. The fraction of sp³-hybridized carbons (Fsp3) is 0.909. The molecule has 4 N–H and O–H groups in total. The van der Waals surface area contributed by atoms with Crippen LogP contribution in [0.3, 0.4) is 0 Å². The van der Waals surface area contributed by atoms with Gasteiger partial charge in [-0.1, -0.05) is 26.7 Å². The zero-order valence-electron chi connectivity index (χ0n) is 9.74. The quantitative estimate of drug-likeness (QED) is 0.479. The molecule has 0 bridgehead atoms. The molecule has 15 heavy (non-hydrogen) atoms. The van der Waals surface area contributed by atoms with E-state index >= 15 is 0 Å². The van der Waals surface area contributed by atoms with Crippen LogP contribution in [-0.2, 0) is 0 Å². The summed E-state index contributed by atoms with van der Waals surface area (Å²) in [5.74, 6) is 0.703. The van der Waals surface area contributed by atoms with Gasteiger partial charge in [0.1, 0.15) is 0 Å². The molecule has 4 nitrogen and oxygen atoms in total. The minimum Gasteiger partial charge on any atom is -0.391 e. The summed E-state index contributed by atoms with van der Waals surface area (Å²) in [6.45, 7) is 4.34. The van der Waals surface area contributed by atoms with E-state index in [1.54, 1.807) is 0 Å². The molecule has 1 atom stereocenters. The van der Waals surface area contributed by atoms with Crippen molar-refractivity contribution in [3.05, 3.63) is 0 Å². The predicted molar refractivity (Wildman–Crippen MR) is 62.7 cm³/mol. The van der Waals surface area contributed by atoms with E-state index in [1.165, 1.54) is 25.7 Å². The third-order valence-electron chi connectivity index (χ3n) is 2.93. The molecule has 0 aromatic carbocycles. The van der Waals surface area contributed by atoms with Crippen LogP contribution >= 0.6 is 0 Å². The Balaban J connectivity index is 2.25. The van der Waals surface area contributed by atoms with Gasteiger partial charge in [-0.25, -0.2) is 0 Å². The van der Waals surface area contributed by atoms with Crippen LogP contribution < -0.4 is 11.1 Å². The summed E-state index contributed by atoms with van der Waals surface area (Å²) < 4.78 is 0. The zero-order chi connectivity index (χ0) is 11.3. The molecular weight excluding hydrogens is 190 g/mol. The molecule has 1 aliphatic rings. The Morgan fingerprint density at radius 2 is 2.07 bits per heavy atom. The monoisotopic (exact) mass is 213 g/mol. The van der Waals surface area contributed by atoms with Gasteiger partial charge in [0.2, 0.25) is 0 Å². The Hall–Kier alpha value is -0.770. The van der Waals surface area contributed by atoms with Gasteiger partial charge < -0.3 is 16.2 Å². The lowest BCUT2D eigenvalue weighted by atomic mass is 10.1. The second kappa shape index (κ2) is 5.95. The molecule has 0 heterocycles. The molecule has 1 saturated carbocycles. The normalized spacial score (nSPS) is 20.9. The van der Waals surface area contributed by atoms with Gasteiger partial charge in [-0.15, -0.1) is 0 Å². The third kappa shape index (κ3) is 4.51. The average Bonchev–Trinajstić information content (AvgIpc) is 2.66. The highest BCUT2D eigenvalue weighted by atomic mass is 16.3. The number of rotatable bonds is 4. The smallest absolute Gasteiger partial charge is 0.188 e. The first kappa shape index (κ1) is 12.3. The lowest BCUT2D eigenvalue weighted by Gasteiger charge is -2.14. The van der Waals surface area contributed by atoms with E-state index in [0.29, 0.717) is 18.5 Å². The molecule has 4 heteroatoms. The molecule has 0 radical (unpaired) electrons. The predicted octanol–water partition coefficient (Wildman–Crippen LogP) is 0.850. The van der Waals surface area contributed by atoms with E-state index in [9.17, 15) is 5.11 Å². The first-order valence-electron chi connectivity index (χ1n) is 5.84. The van der Waals surface area contributed by atoms with Crippen LogP contribution in [-0.4, -0.2) is 29.8 Å². The summed E-state index contributed by atoms with van der Waals surface area (Å²) in [5, 5.41) is 12.7. The Morgan fingerprint density at radius 1 is 1.47 bits per heavy atom. The van der Waals surface area contributed by atoms with Gasteiger partial charge in [0, 0.05) is 6.04 Å². The highest BCUT2D eigenvalue weighted by molar-refractivity contribution is 5.78. The first-order chi connectivity index (χ1) is 7.09. The highest BCUT2D eigenvalue weighted by Gasteiger charge is 2.15. The maximum Gasteiger partial charge on any atom is 0.188 e. The SMILES string of the molecule is CC(C)C(O)CN=C(N)NC1CCCC1. The largest absolute Gasteiger partial charge is 0.391 e. The summed E-state index contributed by atoms with van der Waals surface area (Å²) in [4.78, 5) is 4.14. The Kier molecular flexibility index (Phi) is 4.88. The van der Waals surface area contributed by atoms with Crippen molar-refractivity contribution in [2.45, 2.75) is 51.7 Å². The van der Waals surface area contributed by atoms with Crippen LogP contribution in [0.25, 0.3) is 0 Å². The molecule has 0 amide bonds. The average molecular weight is 213 g/mol. The van der Waals surface area contributed by atoms with Gasteiger partial charge in [0.15, 0.2) is 5.96 Å². The van der Waals surface area contributed by atoms with Crippen molar-refractivity contribution < 1.29 is 5.11 Å². The van der Waals surface area contributed by atoms with Crippen LogP contribution in [0, 0.1) is 5.92 Å². The maximum absolute atomic E-state index is 9.55. The Bertz CT molecular complexity index is 210. The van der Waals surface area contributed by atoms with Gasteiger partial charge >= 0.3 is 0 Å². The minimum absolute atomic E-state index is 0.230. The lowest BCUT2D eigenvalue weighted by Crippen LogP contribution is -2.39. The standard InChI is InChI=1S/C11H23N3O/c1-8(2)10(15)7-13-11(12)14-9-5-3-4-6-9/h8-10,15H,3-7H2,1-2H3,(H3,12,13,14).